The van der Waals surface area contributed by atoms with Crippen molar-refractivity contribution in [2.45, 2.75) is 24.6 Å². The van der Waals surface area contributed by atoms with Crippen LogP contribution < -0.4 is 5.32 Å². The number of hydrogen-bond donors (Lipinski definition) is 2. The molecule has 0 radical (unpaired) electrons. The van der Waals surface area contributed by atoms with Gasteiger partial charge in [0.2, 0.25) is 0 Å². The molecule has 2 aliphatic heterocycles. The van der Waals surface area contributed by atoms with Crippen LogP contribution in [0.4, 0.5) is 0 Å². The first-order valence-corrected chi connectivity index (χ1v) is 6.34. The lowest BCUT2D eigenvalue weighted by molar-refractivity contribution is -0.0122. The first kappa shape index (κ1) is 10.3. The molecular formula is C16H15NO. The molecule has 0 aliphatic carbocycles. The molecule has 2 heterocycles. The van der Waals surface area contributed by atoms with Gasteiger partial charge in [-0.2, -0.15) is 0 Å². The third kappa shape index (κ3) is 1.05. The third-order valence-corrected chi connectivity index (χ3v) is 4.37. The van der Waals surface area contributed by atoms with E-state index >= 15 is 0 Å². The summed E-state index contributed by atoms with van der Waals surface area (Å²) in [6.45, 7) is 2.15. The minimum absolute atomic E-state index is 0.278. The summed E-state index contributed by atoms with van der Waals surface area (Å²) in [7, 11) is 0. The van der Waals surface area contributed by atoms with Crippen molar-refractivity contribution in [3.05, 3.63) is 70.8 Å². The third-order valence-electron chi connectivity index (χ3n) is 4.37. The quantitative estimate of drug-likeness (QED) is 0.736. The molecule has 90 valence electrons. The van der Waals surface area contributed by atoms with Crippen molar-refractivity contribution in [3.8, 4) is 0 Å². The van der Waals surface area contributed by atoms with E-state index in [1.807, 2.05) is 24.3 Å². The van der Waals surface area contributed by atoms with E-state index in [4.69, 9.17) is 0 Å². The van der Waals surface area contributed by atoms with Gasteiger partial charge in [-0.05, 0) is 23.6 Å². The average Bonchev–Trinajstić information content (AvgIpc) is 2.56. The van der Waals surface area contributed by atoms with Gasteiger partial charge in [0.05, 0.1) is 5.54 Å². The van der Waals surface area contributed by atoms with E-state index < -0.39 is 5.72 Å². The maximum absolute atomic E-state index is 10.9. The maximum Gasteiger partial charge on any atom is 0.147 e. The highest BCUT2D eigenvalue weighted by Gasteiger charge is 2.53. The molecule has 2 aromatic rings. The van der Waals surface area contributed by atoms with Gasteiger partial charge in [-0.15, -0.1) is 0 Å². The van der Waals surface area contributed by atoms with E-state index in [1.165, 1.54) is 16.7 Å². The molecule has 0 amide bonds. The van der Waals surface area contributed by atoms with Crippen molar-refractivity contribution in [2.75, 3.05) is 0 Å². The Balaban J connectivity index is 2.09. The molecule has 0 aromatic heterocycles. The fourth-order valence-corrected chi connectivity index (χ4v) is 3.62. The summed E-state index contributed by atoms with van der Waals surface area (Å²) in [5.41, 5.74) is 3.53. The number of fused-ring (bicyclic) bond motifs is 7. The first-order valence-electron chi connectivity index (χ1n) is 6.34. The van der Waals surface area contributed by atoms with E-state index in [-0.39, 0.29) is 5.54 Å². The van der Waals surface area contributed by atoms with Crippen molar-refractivity contribution in [3.63, 3.8) is 0 Å². The zero-order valence-electron chi connectivity index (χ0n) is 10.3. The molecule has 18 heavy (non-hydrogen) atoms. The Kier molecular flexibility index (Phi) is 1.73. The van der Waals surface area contributed by atoms with Crippen LogP contribution in [0, 0.1) is 0 Å². The van der Waals surface area contributed by atoms with Gasteiger partial charge >= 0.3 is 0 Å². The fraction of sp³-hybridized carbons (Fsp3) is 0.250. The lowest BCUT2D eigenvalue weighted by Crippen LogP contribution is -2.51. The van der Waals surface area contributed by atoms with Crippen molar-refractivity contribution in [1.82, 2.24) is 5.32 Å². The van der Waals surface area contributed by atoms with E-state index in [0.717, 1.165) is 5.56 Å². The standard InChI is InChI=1S/C16H15NO/c1-15-12-7-3-2-6-11(12)10-16(18,17-15)14-9-5-4-8-13(14)15/h2-9,17-18H,10H2,1H3/t15-,16-/m0/s1. The van der Waals surface area contributed by atoms with E-state index in [9.17, 15) is 5.11 Å². The summed E-state index contributed by atoms with van der Waals surface area (Å²) in [6.07, 6.45) is 0.635. The van der Waals surface area contributed by atoms with E-state index in [2.05, 4.69) is 36.5 Å². The second-order valence-corrected chi connectivity index (χ2v) is 5.49. The minimum Gasteiger partial charge on any atom is -0.371 e. The Labute approximate surface area is 106 Å². The smallest absolute Gasteiger partial charge is 0.147 e. The topological polar surface area (TPSA) is 32.3 Å². The normalized spacial score (nSPS) is 31.9. The molecule has 0 spiro atoms. The van der Waals surface area contributed by atoms with Crippen LogP contribution >= 0.6 is 0 Å². The number of rotatable bonds is 0. The number of aliphatic hydroxyl groups is 1. The molecule has 2 heteroatoms. The van der Waals surface area contributed by atoms with Gasteiger partial charge in [-0.3, -0.25) is 5.32 Å². The van der Waals surface area contributed by atoms with Crippen molar-refractivity contribution < 1.29 is 5.11 Å². The lowest BCUT2D eigenvalue weighted by atomic mass is 9.82. The number of hydrogen-bond acceptors (Lipinski definition) is 2. The molecule has 2 atom stereocenters. The van der Waals surface area contributed by atoms with E-state index in [1.54, 1.807) is 0 Å². The number of benzene rings is 2. The van der Waals surface area contributed by atoms with E-state index in [0.29, 0.717) is 6.42 Å². The van der Waals surface area contributed by atoms with Gasteiger partial charge in [0.25, 0.3) is 0 Å². The predicted molar refractivity (Wildman–Crippen MR) is 70.1 cm³/mol. The van der Waals surface area contributed by atoms with Gasteiger partial charge in [-0.25, -0.2) is 0 Å². The lowest BCUT2D eigenvalue weighted by Gasteiger charge is -2.38. The van der Waals surface area contributed by atoms with Crippen LogP contribution in [0.3, 0.4) is 0 Å². The van der Waals surface area contributed by atoms with Gasteiger partial charge in [-0.1, -0.05) is 48.5 Å². The van der Waals surface area contributed by atoms with Crippen LogP contribution in [0.15, 0.2) is 48.5 Å². The Morgan fingerprint density at radius 2 is 1.56 bits per heavy atom. The highest BCUT2D eigenvalue weighted by atomic mass is 16.3. The second kappa shape index (κ2) is 3.02. The Morgan fingerprint density at radius 1 is 0.944 bits per heavy atom. The first-order chi connectivity index (χ1) is 8.63. The largest absolute Gasteiger partial charge is 0.371 e. The molecular weight excluding hydrogens is 222 g/mol. The molecule has 2 bridgehead atoms. The molecule has 0 fully saturated rings. The highest BCUT2D eigenvalue weighted by molar-refractivity contribution is 5.55. The molecule has 2 aromatic carbocycles. The predicted octanol–water partition coefficient (Wildman–Crippen LogP) is 2.25. The molecule has 0 saturated heterocycles. The second-order valence-electron chi connectivity index (χ2n) is 5.49. The monoisotopic (exact) mass is 237 g/mol. The summed E-state index contributed by atoms with van der Waals surface area (Å²) in [5.74, 6) is 0. The molecule has 2 nitrogen and oxygen atoms in total. The minimum atomic E-state index is -0.917. The molecule has 4 rings (SSSR count). The summed E-state index contributed by atoms with van der Waals surface area (Å²) in [4.78, 5) is 0. The highest BCUT2D eigenvalue weighted by Crippen LogP contribution is 2.49. The molecule has 0 unspecified atom stereocenters. The summed E-state index contributed by atoms with van der Waals surface area (Å²) in [5, 5.41) is 14.3. The van der Waals surface area contributed by atoms with Crippen LogP contribution in [0.1, 0.15) is 29.2 Å². The average molecular weight is 237 g/mol. The SMILES string of the molecule is C[C@]12N[C@](O)(Cc3ccccc31)c1ccccc12. The Hall–Kier alpha value is -1.64. The zero-order valence-corrected chi connectivity index (χ0v) is 10.3. The molecule has 2 aliphatic rings. The van der Waals surface area contributed by atoms with Crippen LogP contribution in [-0.2, 0) is 17.7 Å². The van der Waals surface area contributed by atoms with Crippen LogP contribution in [0.5, 0.6) is 0 Å². The summed E-state index contributed by atoms with van der Waals surface area (Å²) >= 11 is 0. The maximum atomic E-state index is 10.9. The Bertz CT molecular complexity index is 651. The zero-order chi connectivity index (χ0) is 12.4. The van der Waals surface area contributed by atoms with Crippen LogP contribution in [0.25, 0.3) is 0 Å². The summed E-state index contributed by atoms with van der Waals surface area (Å²) in [6, 6.07) is 16.6. The van der Waals surface area contributed by atoms with Crippen LogP contribution in [0.2, 0.25) is 0 Å². The van der Waals surface area contributed by atoms with Gasteiger partial charge in [0.15, 0.2) is 0 Å². The molecule has 0 saturated carbocycles. The van der Waals surface area contributed by atoms with Gasteiger partial charge in [0.1, 0.15) is 5.72 Å². The van der Waals surface area contributed by atoms with Crippen LogP contribution in [-0.4, -0.2) is 5.11 Å². The molecule has 2 N–H and O–H groups in total. The van der Waals surface area contributed by atoms with Gasteiger partial charge < -0.3 is 5.11 Å². The van der Waals surface area contributed by atoms with Crippen molar-refractivity contribution >= 4 is 0 Å². The van der Waals surface area contributed by atoms with Crippen molar-refractivity contribution in [2.24, 2.45) is 0 Å². The number of nitrogens with one attached hydrogen (secondary N) is 1. The van der Waals surface area contributed by atoms with Gasteiger partial charge in [0, 0.05) is 12.0 Å². The van der Waals surface area contributed by atoms with Crippen molar-refractivity contribution in [1.29, 1.82) is 0 Å². The fourth-order valence-electron chi connectivity index (χ4n) is 3.62. The Morgan fingerprint density at radius 3 is 2.33 bits per heavy atom. The summed E-state index contributed by atoms with van der Waals surface area (Å²) < 4.78 is 0.